The molecule has 0 radical (unpaired) electrons. The molecule has 1 heterocycles. The molecule has 1 aromatic heterocycles. The number of furan rings is 1. The number of hydrogen-bond acceptors (Lipinski definition) is 4. The molecule has 1 aromatic carbocycles. The van der Waals surface area contributed by atoms with Crippen molar-refractivity contribution in [3.05, 3.63) is 36.1 Å². The van der Waals surface area contributed by atoms with Crippen molar-refractivity contribution in [3.63, 3.8) is 0 Å². The van der Waals surface area contributed by atoms with E-state index in [1.165, 1.54) is 11.2 Å². The van der Waals surface area contributed by atoms with Crippen molar-refractivity contribution >= 4 is 22.8 Å². The highest BCUT2D eigenvalue weighted by Crippen LogP contribution is 2.22. The number of carbonyl (C=O) groups excluding carboxylic acids is 2. The Balaban J connectivity index is 2.22. The molecule has 5 heteroatoms. The third-order valence-electron chi connectivity index (χ3n) is 3.01. The van der Waals surface area contributed by atoms with Crippen LogP contribution in [-0.4, -0.2) is 36.5 Å². The second kappa shape index (κ2) is 6.23. The molecular weight excluding hydrogens is 258 g/mol. The van der Waals surface area contributed by atoms with Gasteiger partial charge in [-0.2, -0.15) is 0 Å². The molecule has 20 heavy (non-hydrogen) atoms. The average molecular weight is 275 g/mol. The SMILES string of the molecule is CCOC(=O)CN(CC)C(=O)c1coc2ccccc12. The van der Waals surface area contributed by atoms with Crippen molar-refractivity contribution in [1.29, 1.82) is 0 Å². The van der Waals surface area contributed by atoms with E-state index in [1.54, 1.807) is 13.0 Å². The summed E-state index contributed by atoms with van der Waals surface area (Å²) >= 11 is 0. The Morgan fingerprint density at radius 2 is 2.00 bits per heavy atom. The Hall–Kier alpha value is -2.30. The fourth-order valence-electron chi connectivity index (χ4n) is 2.00. The summed E-state index contributed by atoms with van der Waals surface area (Å²) in [4.78, 5) is 25.4. The van der Waals surface area contributed by atoms with Gasteiger partial charge in [0.1, 0.15) is 18.4 Å². The second-order valence-electron chi connectivity index (χ2n) is 4.27. The van der Waals surface area contributed by atoms with Crippen molar-refractivity contribution in [3.8, 4) is 0 Å². The van der Waals surface area contributed by atoms with Crippen LogP contribution in [0.2, 0.25) is 0 Å². The highest BCUT2D eigenvalue weighted by molar-refractivity contribution is 6.06. The summed E-state index contributed by atoms with van der Waals surface area (Å²) in [5.74, 6) is -0.638. The van der Waals surface area contributed by atoms with Crippen LogP contribution in [0.4, 0.5) is 0 Å². The normalized spacial score (nSPS) is 10.5. The van der Waals surface area contributed by atoms with Crippen LogP contribution in [0.5, 0.6) is 0 Å². The van der Waals surface area contributed by atoms with E-state index in [2.05, 4.69) is 0 Å². The Kier molecular flexibility index (Phi) is 4.40. The van der Waals surface area contributed by atoms with Crippen LogP contribution in [0.15, 0.2) is 34.9 Å². The molecule has 2 rings (SSSR count). The van der Waals surface area contributed by atoms with Gasteiger partial charge in [-0.25, -0.2) is 0 Å². The van der Waals surface area contributed by atoms with Gasteiger partial charge in [-0.1, -0.05) is 18.2 Å². The summed E-state index contributed by atoms with van der Waals surface area (Å²) in [6.45, 7) is 4.23. The van der Waals surface area contributed by atoms with Crippen LogP contribution in [-0.2, 0) is 9.53 Å². The fourth-order valence-corrected chi connectivity index (χ4v) is 2.00. The molecule has 0 aliphatic carbocycles. The minimum Gasteiger partial charge on any atom is -0.465 e. The van der Waals surface area contributed by atoms with Crippen molar-refractivity contribution < 1.29 is 18.7 Å². The predicted molar refractivity (Wildman–Crippen MR) is 74.4 cm³/mol. The maximum Gasteiger partial charge on any atom is 0.325 e. The van der Waals surface area contributed by atoms with E-state index in [-0.39, 0.29) is 12.5 Å². The van der Waals surface area contributed by atoms with E-state index in [0.29, 0.717) is 24.3 Å². The molecule has 0 spiro atoms. The lowest BCUT2D eigenvalue weighted by atomic mass is 10.1. The van der Waals surface area contributed by atoms with Gasteiger partial charge < -0.3 is 14.1 Å². The van der Waals surface area contributed by atoms with Crippen LogP contribution in [0, 0.1) is 0 Å². The smallest absolute Gasteiger partial charge is 0.325 e. The Bertz CT molecular complexity index is 617. The maximum absolute atomic E-state index is 12.4. The number of para-hydroxylation sites is 1. The minimum absolute atomic E-state index is 0.0529. The zero-order chi connectivity index (χ0) is 14.5. The van der Waals surface area contributed by atoms with E-state index in [0.717, 1.165) is 5.39 Å². The fraction of sp³-hybridized carbons (Fsp3) is 0.333. The summed E-state index contributed by atoms with van der Waals surface area (Å²) in [5.41, 5.74) is 1.12. The molecule has 2 aromatic rings. The van der Waals surface area contributed by atoms with Gasteiger partial charge in [0.25, 0.3) is 5.91 Å². The molecule has 0 fully saturated rings. The molecule has 0 aliphatic rings. The van der Waals surface area contributed by atoms with E-state index < -0.39 is 5.97 Å². The monoisotopic (exact) mass is 275 g/mol. The van der Waals surface area contributed by atoms with Gasteiger partial charge in [-0.3, -0.25) is 9.59 Å². The summed E-state index contributed by atoms with van der Waals surface area (Å²) in [6.07, 6.45) is 1.43. The lowest BCUT2D eigenvalue weighted by Gasteiger charge is -2.19. The lowest BCUT2D eigenvalue weighted by molar-refractivity contribution is -0.143. The standard InChI is InChI=1S/C15H17NO4/c1-3-16(9-14(17)19-4-2)15(18)12-10-20-13-8-6-5-7-11(12)13/h5-8,10H,3-4,9H2,1-2H3. The molecular formula is C15H17NO4. The number of fused-ring (bicyclic) bond motifs is 1. The van der Waals surface area contributed by atoms with E-state index >= 15 is 0 Å². The third kappa shape index (κ3) is 2.82. The van der Waals surface area contributed by atoms with Crippen LogP contribution < -0.4 is 0 Å². The Morgan fingerprint density at radius 1 is 1.25 bits per heavy atom. The first-order chi connectivity index (χ1) is 9.67. The summed E-state index contributed by atoms with van der Waals surface area (Å²) in [7, 11) is 0. The van der Waals surface area contributed by atoms with E-state index in [9.17, 15) is 9.59 Å². The van der Waals surface area contributed by atoms with Gasteiger partial charge in [0.2, 0.25) is 0 Å². The first-order valence-electron chi connectivity index (χ1n) is 6.58. The number of carbonyl (C=O) groups is 2. The lowest BCUT2D eigenvalue weighted by Crippen LogP contribution is -2.36. The van der Waals surface area contributed by atoms with Crippen LogP contribution >= 0.6 is 0 Å². The van der Waals surface area contributed by atoms with E-state index in [1.807, 2.05) is 25.1 Å². The molecule has 106 valence electrons. The maximum atomic E-state index is 12.4. The number of benzene rings is 1. The van der Waals surface area contributed by atoms with Crippen molar-refractivity contribution in [2.75, 3.05) is 19.7 Å². The third-order valence-corrected chi connectivity index (χ3v) is 3.01. The zero-order valence-corrected chi connectivity index (χ0v) is 11.6. The summed E-state index contributed by atoms with van der Waals surface area (Å²) in [6, 6.07) is 7.31. The largest absolute Gasteiger partial charge is 0.465 e. The molecule has 0 N–H and O–H groups in total. The van der Waals surface area contributed by atoms with Gasteiger partial charge in [0, 0.05) is 11.9 Å². The summed E-state index contributed by atoms with van der Waals surface area (Å²) in [5, 5.41) is 0.750. The topological polar surface area (TPSA) is 59.8 Å². The second-order valence-corrected chi connectivity index (χ2v) is 4.27. The van der Waals surface area contributed by atoms with Gasteiger partial charge >= 0.3 is 5.97 Å². The molecule has 0 saturated carbocycles. The number of amides is 1. The Morgan fingerprint density at radius 3 is 2.70 bits per heavy atom. The molecule has 5 nitrogen and oxygen atoms in total. The summed E-state index contributed by atoms with van der Waals surface area (Å²) < 4.78 is 10.2. The first-order valence-corrected chi connectivity index (χ1v) is 6.58. The van der Waals surface area contributed by atoms with Crippen molar-refractivity contribution in [1.82, 2.24) is 4.90 Å². The first kappa shape index (κ1) is 14.1. The highest BCUT2D eigenvalue weighted by atomic mass is 16.5. The minimum atomic E-state index is -0.407. The van der Waals surface area contributed by atoms with Gasteiger partial charge in [0.15, 0.2) is 0 Å². The van der Waals surface area contributed by atoms with Crippen molar-refractivity contribution in [2.24, 2.45) is 0 Å². The van der Waals surface area contributed by atoms with Crippen LogP contribution in [0.25, 0.3) is 11.0 Å². The molecule has 1 amide bonds. The number of likely N-dealkylation sites (N-methyl/N-ethyl adjacent to an activating group) is 1. The van der Waals surface area contributed by atoms with Gasteiger partial charge in [0.05, 0.1) is 12.2 Å². The van der Waals surface area contributed by atoms with E-state index in [4.69, 9.17) is 9.15 Å². The molecule has 0 aliphatic heterocycles. The predicted octanol–water partition coefficient (Wildman–Crippen LogP) is 2.46. The number of esters is 1. The van der Waals surface area contributed by atoms with Gasteiger partial charge in [-0.05, 0) is 19.9 Å². The van der Waals surface area contributed by atoms with Crippen LogP contribution in [0.3, 0.4) is 0 Å². The number of rotatable bonds is 5. The molecule has 0 saturated heterocycles. The van der Waals surface area contributed by atoms with Crippen LogP contribution in [0.1, 0.15) is 24.2 Å². The number of nitrogens with zero attached hydrogens (tertiary/aromatic N) is 1. The number of hydrogen-bond donors (Lipinski definition) is 0. The van der Waals surface area contributed by atoms with Gasteiger partial charge in [-0.15, -0.1) is 0 Å². The Labute approximate surface area is 117 Å². The average Bonchev–Trinajstić information content (AvgIpc) is 2.88. The highest BCUT2D eigenvalue weighted by Gasteiger charge is 2.21. The van der Waals surface area contributed by atoms with Crippen molar-refractivity contribution in [2.45, 2.75) is 13.8 Å². The molecule has 0 bridgehead atoms. The quantitative estimate of drug-likeness (QED) is 0.786. The molecule has 0 atom stereocenters. The zero-order valence-electron chi connectivity index (χ0n) is 11.6. The molecule has 0 unspecified atom stereocenters. The number of ether oxygens (including phenoxy) is 1.